The lowest BCUT2D eigenvalue weighted by Crippen LogP contribution is -2.23. The molecule has 1 aromatic heterocycles. The highest BCUT2D eigenvalue weighted by molar-refractivity contribution is 5.99. The summed E-state index contributed by atoms with van der Waals surface area (Å²) in [7, 11) is 0. The first-order valence-corrected chi connectivity index (χ1v) is 8.53. The average Bonchev–Trinajstić information content (AvgIpc) is 2.60. The Morgan fingerprint density at radius 1 is 1.40 bits per heavy atom. The summed E-state index contributed by atoms with van der Waals surface area (Å²) >= 11 is 0. The SMILES string of the molecule is CCCC(=O)C1=C(C)CC(N)=C(C#N)C1c1cnc2ccccc2c1. The van der Waals surface area contributed by atoms with Gasteiger partial charge in [-0.25, -0.2) is 0 Å². The molecule has 1 aliphatic carbocycles. The summed E-state index contributed by atoms with van der Waals surface area (Å²) in [6, 6.07) is 12.1. The molecule has 1 aliphatic rings. The minimum absolute atomic E-state index is 0.0957. The van der Waals surface area contributed by atoms with Gasteiger partial charge in [-0.05, 0) is 31.0 Å². The van der Waals surface area contributed by atoms with Crippen molar-refractivity contribution in [2.24, 2.45) is 5.73 Å². The first kappa shape index (κ1) is 16.9. The smallest absolute Gasteiger partial charge is 0.159 e. The molecule has 0 saturated heterocycles. The summed E-state index contributed by atoms with van der Waals surface area (Å²) in [6.45, 7) is 3.92. The number of fused-ring (bicyclic) bond motifs is 1. The molecule has 0 radical (unpaired) electrons. The summed E-state index contributed by atoms with van der Waals surface area (Å²) in [5.74, 6) is -0.326. The van der Waals surface area contributed by atoms with E-state index in [1.54, 1.807) is 6.20 Å². The van der Waals surface area contributed by atoms with Gasteiger partial charge in [-0.1, -0.05) is 30.7 Å². The second-order valence-electron chi connectivity index (χ2n) is 6.49. The number of carbonyl (C=O) groups is 1. The molecule has 2 N–H and O–H groups in total. The molecule has 0 spiro atoms. The minimum Gasteiger partial charge on any atom is -0.401 e. The van der Waals surface area contributed by atoms with Gasteiger partial charge in [0.2, 0.25) is 0 Å². The first-order chi connectivity index (χ1) is 12.1. The van der Waals surface area contributed by atoms with Gasteiger partial charge in [0.25, 0.3) is 0 Å². The topological polar surface area (TPSA) is 79.8 Å². The van der Waals surface area contributed by atoms with Crippen LogP contribution in [0, 0.1) is 11.3 Å². The molecule has 1 heterocycles. The minimum atomic E-state index is -0.421. The van der Waals surface area contributed by atoms with Crippen molar-refractivity contribution in [2.45, 2.75) is 39.0 Å². The van der Waals surface area contributed by atoms with Gasteiger partial charge in [0.05, 0.1) is 23.1 Å². The molecule has 2 aromatic rings. The number of nitrogens with two attached hydrogens (primary N) is 1. The second-order valence-corrected chi connectivity index (χ2v) is 6.49. The normalized spacial score (nSPS) is 17.7. The maximum absolute atomic E-state index is 12.8. The molecule has 4 heteroatoms. The molecule has 1 aromatic carbocycles. The van der Waals surface area contributed by atoms with E-state index in [-0.39, 0.29) is 5.78 Å². The quantitative estimate of drug-likeness (QED) is 0.913. The van der Waals surface area contributed by atoms with Crippen LogP contribution in [0.4, 0.5) is 0 Å². The van der Waals surface area contributed by atoms with E-state index in [4.69, 9.17) is 5.73 Å². The number of benzene rings is 1. The molecule has 0 amide bonds. The summed E-state index contributed by atoms with van der Waals surface area (Å²) in [5, 5.41) is 10.7. The van der Waals surface area contributed by atoms with Crippen molar-refractivity contribution in [1.29, 1.82) is 5.26 Å². The maximum atomic E-state index is 12.8. The molecule has 3 rings (SSSR count). The highest BCUT2D eigenvalue weighted by Crippen LogP contribution is 2.41. The number of carbonyl (C=O) groups excluding carboxylic acids is 1. The van der Waals surface area contributed by atoms with E-state index in [2.05, 4.69) is 11.1 Å². The molecule has 1 unspecified atom stereocenters. The lowest BCUT2D eigenvalue weighted by molar-refractivity contribution is -0.115. The maximum Gasteiger partial charge on any atom is 0.159 e. The van der Waals surface area contributed by atoms with E-state index in [0.29, 0.717) is 29.7 Å². The Labute approximate surface area is 147 Å². The molecule has 25 heavy (non-hydrogen) atoms. The van der Waals surface area contributed by atoms with Crippen molar-refractivity contribution in [3.63, 3.8) is 0 Å². The number of para-hydroxylation sites is 1. The van der Waals surface area contributed by atoms with E-state index in [1.807, 2.05) is 44.2 Å². The Bertz CT molecular complexity index is 947. The fourth-order valence-corrected chi connectivity index (χ4v) is 3.53. The predicted octanol–water partition coefficient (Wildman–Crippen LogP) is 4.14. The Morgan fingerprint density at radius 3 is 2.88 bits per heavy atom. The van der Waals surface area contributed by atoms with Crippen molar-refractivity contribution >= 4 is 16.7 Å². The van der Waals surface area contributed by atoms with E-state index in [1.165, 1.54) is 0 Å². The average molecular weight is 331 g/mol. The van der Waals surface area contributed by atoms with Gasteiger partial charge in [0.15, 0.2) is 5.78 Å². The van der Waals surface area contributed by atoms with Crippen LogP contribution in [0.15, 0.2) is 58.9 Å². The molecule has 126 valence electrons. The number of nitriles is 1. The summed E-state index contributed by atoms with van der Waals surface area (Å²) in [5.41, 5.74) is 10.6. The summed E-state index contributed by atoms with van der Waals surface area (Å²) < 4.78 is 0. The van der Waals surface area contributed by atoms with E-state index in [0.717, 1.165) is 28.5 Å². The standard InChI is InChI=1S/C21H21N3O/c1-3-6-19(25)20-13(2)9-17(23)16(11-22)21(20)15-10-14-7-4-5-8-18(14)24-12-15/h4-5,7-8,10,12,21H,3,6,9,23H2,1-2H3. The van der Waals surface area contributed by atoms with Crippen LogP contribution in [-0.2, 0) is 4.79 Å². The van der Waals surface area contributed by atoms with Gasteiger partial charge in [-0.15, -0.1) is 0 Å². The zero-order valence-electron chi connectivity index (χ0n) is 14.5. The van der Waals surface area contributed by atoms with Crippen LogP contribution >= 0.6 is 0 Å². The zero-order chi connectivity index (χ0) is 18.0. The van der Waals surface area contributed by atoms with Crippen LogP contribution in [0.3, 0.4) is 0 Å². The first-order valence-electron chi connectivity index (χ1n) is 8.53. The number of hydrogen-bond donors (Lipinski definition) is 1. The number of Topliss-reactive ketones (excluding diaryl/α,β-unsaturated/α-hetero) is 1. The molecule has 0 fully saturated rings. The third-order valence-electron chi connectivity index (χ3n) is 4.68. The Hall–Kier alpha value is -2.93. The zero-order valence-corrected chi connectivity index (χ0v) is 14.5. The molecule has 0 bridgehead atoms. The number of pyridine rings is 1. The molecular weight excluding hydrogens is 310 g/mol. The third kappa shape index (κ3) is 3.06. The number of allylic oxidation sites excluding steroid dienone is 3. The number of aromatic nitrogens is 1. The van der Waals surface area contributed by atoms with Gasteiger partial charge >= 0.3 is 0 Å². The van der Waals surface area contributed by atoms with E-state index < -0.39 is 5.92 Å². The van der Waals surface area contributed by atoms with Gasteiger partial charge in [0, 0.05) is 35.7 Å². The van der Waals surface area contributed by atoms with Crippen LogP contribution in [0.2, 0.25) is 0 Å². The van der Waals surface area contributed by atoms with Gasteiger partial charge in [-0.2, -0.15) is 5.26 Å². The van der Waals surface area contributed by atoms with Gasteiger partial charge in [0.1, 0.15) is 0 Å². The Morgan fingerprint density at radius 2 is 2.16 bits per heavy atom. The van der Waals surface area contributed by atoms with E-state index >= 15 is 0 Å². The third-order valence-corrected chi connectivity index (χ3v) is 4.68. The molecule has 1 atom stereocenters. The molecule has 0 saturated carbocycles. The van der Waals surface area contributed by atoms with Gasteiger partial charge < -0.3 is 5.73 Å². The van der Waals surface area contributed by atoms with Crippen molar-refractivity contribution in [3.8, 4) is 6.07 Å². The lowest BCUT2D eigenvalue weighted by atomic mass is 9.75. The molecular formula is C21H21N3O. The van der Waals surface area contributed by atoms with Crippen LogP contribution in [0.5, 0.6) is 0 Å². The molecule has 0 aliphatic heterocycles. The van der Waals surface area contributed by atoms with E-state index in [9.17, 15) is 10.1 Å². The number of ketones is 1. The van der Waals surface area contributed by atoms with Gasteiger partial charge in [-0.3, -0.25) is 9.78 Å². The number of hydrogen-bond acceptors (Lipinski definition) is 4. The summed E-state index contributed by atoms with van der Waals surface area (Å²) in [6.07, 6.45) is 3.49. The highest BCUT2D eigenvalue weighted by Gasteiger charge is 2.33. The van der Waals surface area contributed by atoms with Crippen LogP contribution in [0.1, 0.15) is 44.6 Å². The largest absolute Gasteiger partial charge is 0.401 e. The van der Waals surface area contributed by atoms with Crippen LogP contribution in [0.25, 0.3) is 10.9 Å². The fraction of sp³-hybridized carbons (Fsp3) is 0.286. The van der Waals surface area contributed by atoms with Crippen LogP contribution < -0.4 is 5.73 Å². The number of rotatable bonds is 4. The molecule has 4 nitrogen and oxygen atoms in total. The Kier molecular flexibility index (Phi) is 4.67. The monoisotopic (exact) mass is 331 g/mol. The van der Waals surface area contributed by atoms with Crippen molar-refractivity contribution in [1.82, 2.24) is 4.98 Å². The number of nitrogens with zero attached hydrogens (tertiary/aromatic N) is 2. The highest BCUT2D eigenvalue weighted by atomic mass is 16.1. The second kappa shape index (κ2) is 6.90. The fourth-order valence-electron chi connectivity index (χ4n) is 3.53. The van der Waals surface area contributed by atoms with Crippen LogP contribution in [-0.4, -0.2) is 10.8 Å². The summed E-state index contributed by atoms with van der Waals surface area (Å²) in [4.78, 5) is 17.3. The predicted molar refractivity (Wildman–Crippen MR) is 98.5 cm³/mol. The van der Waals surface area contributed by atoms with Crippen molar-refractivity contribution < 1.29 is 4.79 Å². The lowest BCUT2D eigenvalue weighted by Gasteiger charge is -2.28. The van der Waals surface area contributed by atoms with Crippen molar-refractivity contribution in [2.75, 3.05) is 0 Å². The van der Waals surface area contributed by atoms with Crippen molar-refractivity contribution in [3.05, 3.63) is 64.5 Å². The Balaban J connectivity index is 2.19.